The van der Waals surface area contributed by atoms with Crippen molar-refractivity contribution in [1.82, 2.24) is 0 Å². The summed E-state index contributed by atoms with van der Waals surface area (Å²) in [7, 11) is 5.89. The molecular formula is C78H121NO8. The van der Waals surface area contributed by atoms with E-state index in [9.17, 15) is 19.5 Å². The Morgan fingerprint density at radius 1 is 0.345 bits per heavy atom. The molecule has 0 fully saturated rings. The summed E-state index contributed by atoms with van der Waals surface area (Å²) in [4.78, 5) is 37.4. The normalized spacial score (nSPS) is 14.0. The van der Waals surface area contributed by atoms with Gasteiger partial charge in [-0.1, -0.05) is 260 Å². The number of nitrogens with zero attached hydrogens (tertiary/aromatic N) is 1. The van der Waals surface area contributed by atoms with E-state index in [4.69, 9.17) is 18.9 Å². The number of aliphatic carboxylic acids is 1. The highest BCUT2D eigenvalue weighted by molar-refractivity contribution is 5.70. The second-order valence-corrected chi connectivity index (χ2v) is 22.6. The van der Waals surface area contributed by atoms with Crippen molar-refractivity contribution in [2.75, 3.05) is 47.5 Å². The van der Waals surface area contributed by atoms with E-state index in [0.717, 1.165) is 148 Å². The molecule has 9 heteroatoms. The van der Waals surface area contributed by atoms with Gasteiger partial charge in [-0.15, -0.1) is 0 Å². The summed E-state index contributed by atoms with van der Waals surface area (Å²) in [6.07, 6.45) is 99.3. The fourth-order valence-electron chi connectivity index (χ4n) is 8.27. The van der Waals surface area contributed by atoms with Crippen LogP contribution in [0, 0.1) is 0 Å². The first kappa shape index (κ1) is 81.1. The first-order valence-electron chi connectivity index (χ1n) is 33.6. The number of carbonyl (C=O) groups is 3. The van der Waals surface area contributed by atoms with Crippen molar-refractivity contribution in [1.29, 1.82) is 0 Å². The van der Waals surface area contributed by atoms with E-state index in [1.807, 2.05) is 21.1 Å². The van der Waals surface area contributed by atoms with Crippen LogP contribution in [0.5, 0.6) is 0 Å². The van der Waals surface area contributed by atoms with Crippen LogP contribution < -0.4 is 5.11 Å². The van der Waals surface area contributed by atoms with Gasteiger partial charge in [0, 0.05) is 12.8 Å². The summed E-state index contributed by atoms with van der Waals surface area (Å²) in [6, 6.07) is 0. The number of carboxylic acid groups (broad SMARTS) is 1. The quantitative estimate of drug-likeness (QED) is 0.0195. The van der Waals surface area contributed by atoms with Gasteiger partial charge in [-0.05, 0) is 141 Å². The van der Waals surface area contributed by atoms with Crippen LogP contribution in [0.1, 0.15) is 219 Å². The lowest BCUT2D eigenvalue weighted by Crippen LogP contribution is -2.44. The molecule has 0 aliphatic rings. The molecule has 2 atom stereocenters. The van der Waals surface area contributed by atoms with Crippen LogP contribution in [0.2, 0.25) is 0 Å². The zero-order valence-corrected chi connectivity index (χ0v) is 55.3. The van der Waals surface area contributed by atoms with Gasteiger partial charge < -0.3 is 33.3 Å². The number of hydrogen-bond donors (Lipinski definition) is 0. The van der Waals surface area contributed by atoms with E-state index < -0.39 is 24.3 Å². The van der Waals surface area contributed by atoms with Crippen LogP contribution in [0.4, 0.5) is 0 Å². The number of unbranched alkanes of at least 4 members (excludes halogenated alkanes) is 12. The Hall–Kier alpha value is -5.87. The molecule has 2 unspecified atom stereocenters. The van der Waals surface area contributed by atoms with E-state index in [1.54, 1.807) is 0 Å². The Kier molecular flexibility index (Phi) is 61.6. The van der Waals surface area contributed by atoms with Crippen LogP contribution in [0.15, 0.2) is 194 Å². The number of allylic oxidation sites excluding steroid dienone is 32. The third-order valence-corrected chi connectivity index (χ3v) is 13.3. The monoisotopic (exact) mass is 1200 g/mol. The molecule has 0 bridgehead atoms. The van der Waals surface area contributed by atoms with Crippen LogP contribution in [0.3, 0.4) is 0 Å². The van der Waals surface area contributed by atoms with Crippen molar-refractivity contribution in [3.05, 3.63) is 194 Å². The largest absolute Gasteiger partial charge is 0.545 e. The minimum absolute atomic E-state index is 0.127. The fraction of sp³-hybridized carbons (Fsp3) is 0.551. The van der Waals surface area contributed by atoms with E-state index in [2.05, 4.69) is 208 Å². The summed E-state index contributed by atoms with van der Waals surface area (Å²) >= 11 is 0. The molecular weight excluding hydrogens is 1080 g/mol. The molecule has 0 amide bonds. The Bertz CT molecular complexity index is 2130. The first-order valence-corrected chi connectivity index (χ1v) is 33.6. The Balaban J connectivity index is 4.31. The number of likely N-dealkylation sites (N-methyl/N-ethyl adjacent to an activating group) is 1. The molecule has 486 valence electrons. The molecule has 0 saturated carbocycles. The van der Waals surface area contributed by atoms with Crippen LogP contribution in [0.25, 0.3) is 0 Å². The molecule has 0 radical (unpaired) electrons. The summed E-state index contributed by atoms with van der Waals surface area (Å²) in [5.41, 5.74) is 0. The molecule has 0 N–H and O–H groups in total. The predicted molar refractivity (Wildman–Crippen MR) is 370 cm³/mol. The molecule has 0 aromatic rings. The van der Waals surface area contributed by atoms with Gasteiger partial charge in [0.05, 0.1) is 40.3 Å². The number of quaternary nitrogens is 1. The lowest BCUT2D eigenvalue weighted by Gasteiger charge is -2.26. The molecule has 0 saturated heterocycles. The van der Waals surface area contributed by atoms with Crippen molar-refractivity contribution >= 4 is 17.9 Å². The summed E-state index contributed by atoms with van der Waals surface area (Å²) in [5, 5.41) is 11.8. The Morgan fingerprint density at radius 2 is 0.621 bits per heavy atom. The predicted octanol–water partition coefficient (Wildman–Crippen LogP) is 19.7. The van der Waals surface area contributed by atoms with Crippen LogP contribution in [-0.4, -0.2) is 82.3 Å². The molecule has 0 aliphatic carbocycles. The Morgan fingerprint density at radius 3 is 0.943 bits per heavy atom. The highest BCUT2D eigenvalue weighted by atomic mass is 16.7. The van der Waals surface area contributed by atoms with E-state index >= 15 is 0 Å². The average molecular weight is 1200 g/mol. The van der Waals surface area contributed by atoms with Gasteiger partial charge in [-0.2, -0.15) is 0 Å². The van der Waals surface area contributed by atoms with Crippen LogP contribution in [-0.2, 0) is 33.3 Å². The molecule has 9 nitrogen and oxygen atoms in total. The molecule has 0 aromatic heterocycles. The van der Waals surface area contributed by atoms with Crippen molar-refractivity contribution in [2.24, 2.45) is 0 Å². The molecule has 0 aliphatic heterocycles. The third kappa shape index (κ3) is 67.5. The van der Waals surface area contributed by atoms with Gasteiger partial charge in [0.1, 0.15) is 13.2 Å². The highest BCUT2D eigenvalue weighted by Crippen LogP contribution is 2.14. The first-order chi connectivity index (χ1) is 42.6. The number of ether oxygens (including phenoxy) is 4. The van der Waals surface area contributed by atoms with Crippen molar-refractivity contribution in [3.63, 3.8) is 0 Å². The lowest BCUT2D eigenvalue weighted by molar-refractivity contribution is -0.870. The molecule has 0 heterocycles. The van der Waals surface area contributed by atoms with Gasteiger partial charge in [-0.3, -0.25) is 9.59 Å². The zero-order chi connectivity index (χ0) is 63.3. The molecule has 87 heavy (non-hydrogen) atoms. The van der Waals surface area contributed by atoms with Crippen molar-refractivity contribution < 1.29 is 42.9 Å². The van der Waals surface area contributed by atoms with Gasteiger partial charge in [0.2, 0.25) is 0 Å². The summed E-state index contributed by atoms with van der Waals surface area (Å²) < 4.78 is 22.7. The third-order valence-electron chi connectivity index (χ3n) is 13.3. The maximum absolute atomic E-state index is 12.9. The SMILES string of the molecule is CC/C=C\C/C=C\C/C=C\C/C=C\C/C=C\C/C=C\C/C=C\C/C=C\C/C=C\C/C=C\C/C=C\C/C=C\CCCCC(=O)OC(COC(=O)CCCCCCCCCCCC/C=C\C/C=C\C/C=C\C/C=C\CC)COC(OCC[N+](C)(C)C)C(=O)[O-]. The summed E-state index contributed by atoms with van der Waals surface area (Å²) in [6.45, 7) is 4.44. The highest BCUT2D eigenvalue weighted by Gasteiger charge is 2.22. The van der Waals surface area contributed by atoms with E-state index in [1.165, 1.54) is 38.5 Å². The minimum Gasteiger partial charge on any atom is -0.545 e. The second-order valence-electron chi connectivity index (χ2n) is 22.6. The van der Waals surface area contributed by atoms with Crippen LogP contribution >= 0.6 is 0 Å². The maximum Gasteiger partial charge on any atom is 0.306 e. The lowest BCUT2D eigenvalue weighted by atomic mass is 10.1. The maximum atomic E-state index is 12.9. The number of carbonyl (C=O) groups excluding carboxylic acids is 3. The number of hydrogen-bond acceptors (Lipinski definition) is 8. The van der Waals surface area contributed by atoms with E-state index in [-0.39, 0.29) is 38.6 Å². The zero-order valence-electron chi connectivity index (χ0n) is 55.3. The standard InChI is InChI=1S/C78H121NO8/c1-6-8-10-12-14-16-18-20-22-24-26-28-30-31-32-33-34-35-36-37-38-39-40-41-42-43-44-45-47-49-51-53-55-57-59-61-63-65-67-69-76(81)87-74(73-86-78(77(82)83)84-71-70-79(3,4)5)72-85-75(80)68-66-64-62-60-58-56-54-52-50-48-46-29-27-25-23-21-19-17-15-13-11-9-7-2/h8-11,14-17,20-23,26-29,31-32,34-35,37-38,40-41,43-44,47,49,53,55,59,61,74,78H,6-7,12-13,18-19,24-25,30,33,36,39,42,45-46,48,50-52,54,56-58,60,62-73H2,1-5H3/b10-8-,11-9-,16-14-,17-15-,22-20-,23-21-,28-26-,29-27-,32-31-,35-34-,38-37-,41-40-,44-43-,49-47-,55-53-,61-59-. The van der Waals surface area contributed by atoms with Gasteiger partial charge in [0.25, 0.3) is 0 Å². The smallest absolute Gasteiger partial charge is 0.306 e. The van der Waals surface area contributed by atoms with Gasteiger partial charge >= 0.3 is 11.9 Å². The van der Waals surface area contributed by atoms with Crippen molar-refractivity contribution in [3.8, 4) is 0 Å². The molecule has 0 spiro atoms. The average Bonchev–Trinajstić information content (AvgIpc) is 3.55. The van der Waals surface area contributed by atoms with Crippen molar-refractivity contribution in [2.45, 2.75) is 232 Å². The summed E-state index contributed by atoms with van der Waals surface area (Å²) in [5.74, 6) is -2.37. The van der Waals surface area contributed by atoms with Gasteiger partial charge in [0.15, 0.2) is 12.4 Å². The number of carboxylic acids is 1. The molecule has 0 rings (SSSR count). The molecule has 0 aromatic carbocycles. The number of esters is 2. The number of rotatable bonds is 59. The fourth-order valence-corrected chi connectivity index (χ4v) is 8.27. The minimum atomic E-state index is -1.65. The topological polar surface area (TPSA) is 111 Å². The van der Waals surface area contributed by atoms with Gasteiger partial charge in [-0.25, -0.2) is 0 Å². The van der Waals surface area contributed by atoms with E-state index in [0.29, 0.717) is 17.4 Å². The Labute approximate surface area is 532 Å². The second kappa shape index (κ2) is 66.1.